The molecule has 69 heavy (non-hydrogen) atoms. The second kappa shape index (κ2) is 13.8. The highest BCUT2D eigenvalue weighted by Crippen LogP contribution is 2.67. The smallest absolute Gasteiger partial charge is 0.180 e. The van der Waals surface area contributed by atoms with Gasteiger partial charge in [-0.2, -0.15) is 0 Å². The number of aromatic nitrogens is 1. The van der Waals surface area contributed by atoms with Crippen LogP contribution in [0.3, 0.4) is 0 Å². The Morgan fingerprint density at radius 2 is 1.04 bits per heavy atom. The van der Waals surface area contributed by atoms with Gasteiger partial charge in [0.25, 0.3) is 0 Å². The molecule has 0 atom stereocenters. The zero-order chi connectivity index (χ0) is 45.0. The quantitative estimate of drug-likeness (QED) is 0.164. The molecule has 0 unspecified atom stereocenters. The van der Waals surface area contributed by atoms with Gasteiger partial charge in [-0.05, 0) is 132 Å². The molecule has 0 N–H and O–H groups in total. The van der Waals surface area contributed by atoms with E-state index in [4.69, 9.17) is 4.42 Å². The lowest BCUT2D eigenvalue weighted by Gasteiger charge is -2.46. The van der Waals surface area contributed by atoms with Gasteiger partial charge in [0.15, 0.2) is 8.07 Å². The molecule has 9 aromatic carbocycles. The lowest BCUT2D eigenvalue weighted by molar-refractivity contribution is 0.669. The molecule has 0 radical (unpaired) electrons. The fraction of sp³-hybridized carbons (Fsp3) is 0.0159. The molecule has 1 aliphatic carbocycles. The van der Waals surface area contributed by atoms with Gasteiger partial charge in [0.05, 0.1) is 27.8 Å². The SMILES string of the molecule is c1ccc([Si]2(c3ccccc3)c3ccccc3-c3c2ccc2c3C3(c4ccccc4N2c2ccc4c(c2)c2ccccc2n4-c2ccc4oc5ccccc5c4c2)c2ccsc2-c2sccc23)cc1. The van der Waals surface area contributed by atoms with Gasteiger partial charge in [0.1, 0.15) is 11.2 Å². The summed E-state index contributed by atoms with van der Waals surface area (Å²) in [6.45, 7) is 0. The summed E-state index contributed by atoms with van der Waals surface area (Å²) in [6.07, 6.45) is 0. The number of furan rings is 1. The molecule has 0 saturated heterocycles. The molecule has 4 aromatic heterocycles. The van der Waals surface area contributed by atoms with Crippen LogP contribution in [0.5, 0.6) is 0 Å². The zero-order valence-corrected chi connectivity index (χ0v) is 39.7. The minimum atomic E-state index is -2.84. The monoisotopic (exact) mass is 930 g/mol. The van der Waals surface area contributed by atoms with Crippen molar-refractivity contribution < 1.29 is 4.42 Å². The Balaban J connectivity index is 1.01. The van der Waals surface area contributed by atoms with Crippen LogP contribution in [0.2, 0.25) is 0 Å². The maximum absolute atomic E-state index is 6.30. The van der Waals surface area contributed by atoms with Gasteiger partial charge < -0.3 is 13.9 Å². The van der Waals surface area contributed by atoms with E-state index in [0.29, 0.717) is 0 Å². The molecule has 322 valence electrons. The Kier molecular flexibility index (Phi) is 7.61. The van der Waals surface area contributed by atoms with E-state index < -0.39 is 13.5 Å². The number of rotatable bonds is 4. The Morgan fingerprint density at radius 3 is 1.84 bits per heavy atom. The fourth-order valence-corrected chi connectivity index (χ4v) is 20.4. The van der Waals surface area contributed by atoms with E-state index in [1.54, 1.807) is 0 Å². The van der Waals surface area contributed by atoms with Crippen molar-refractivity contribution in [2.45, 2.75) is 5.41 Å². The van der Waals surface area contributed by atoms with Crippen LogP contribution in [0.4, 0.5) is 17.1 Å². The summed E-state index contributed by atoms with van der Waals surface area (Å²) in [7, 11) is -2.84. The van der Waals surface area contributed by atoms with Crippen LogP contribution in [0, 0.1) is 0 Å². The third kappa shape index (κ3) is 4.71. The van der Waals surface area contributed by atoms with Crippen molar-refractivity contribution in [3.8, 4) is 26.6 Å². The van der Waals surface area contributed by atoms with E-state index in [2.05, 4.69) is 233 Å². The van der Waals surface area contributed by atoms with E-state index in [1.807, 2.05) is 28.7 Å². The summed E-state index contributed by atoms with van der Waals surface area (Å²) >= 11 is 3.78. The summed E-state index contributed by atoms with van der Waals surface area (Å²) in [6, 6.07) is 82.5. The third-order valence-electron chi connectivity index (χ3n) is 15.6. The van der Waals surface area contributed by atoms with Crippen molar-refractivity contribution >= 4 is 112 Å². The number of anilines is 3. The highest BCUT2D eigenvalue weighted by molar-refractivity contribution is 7.22. The number of para-hydroxylation sites is 3. The van der Waals surface area contributed by atoms with Gasteiger partial charge in [-0.3, -0.25) is 0 Å². The first-order valence-electron chi connectivity index (χ1n) is 23.6. The van der Waals surface area contributed by atoms with Crippen LogP contribution >= 0.6 is 22.7 Å². The Bertz CT molecular complexity index is 4210. The van der Waals surface area contributed by atoms with Crippen molar-refractivity contribution in [1.82, 2.24) is 4.57 Å². The van der Waals surface area contributed by atoms with Gasteiger partial charge in [-0.25, -0.2) is 0 Å². The second-order valence-electron chi connectivity index (χ2n) is 18.7. The van der Waals surface area contributed by atoms with Crippen molar-refractivity contribution in [2.75, 3.05) is 4.90 Å². The lowest BCUT2D eigenvalue weighted by atomic mass is 9.63. The van der Waals surface area contributed by atoms with E-state index in [1.165, 1.54) is 97.1 Å². The highest BCUT2D eigenvalue weighted by atomic mass is 32.1. The summed E-state index contributed by atoms with van der Waals surface area (Å²) in [5, 5.41) is 15.1. The molecule has 16 rings (SSSR count). The molecule has 2 aliphatic heterocycles. The van der Waals surface area contributed by atoms with E-state index in [0.717, 1.165) is 33.3 Å². The van der Waals surface area contributed by atoms with Crippen molar-refractivity contribution in [1.29, 1.82) is 0 Å². The molecule has 6 heterocycles. The predicted molar refractivity (Wildman–Crippen MR) is 292 cm³/mol. The Hall–Kier alpha value is -8.00. The molecule has 0 amide bonds. The van der Waals surface area contributed by atoms with Crippen LogP contribution in [0.25, 0.3) is 70.3 Å². The maximum Gasteiger partial charge on any atom is 0.180 e. The fourth-order valence-electron chi connectivity index (χ4n) is 13.1. The lowest BCUT2D eigenvalue weighted by Crippen LogP contribution is -2.72. The van der Waals surface area contributed by atoms with Crippen LogP contribution < -0.4 is 25.6 Å². The van der Waals surface area contributed by atoms with Crippen molar-refractivity contribution in [2.24, 2.45) is 0 Å². The van der Waals surface area contributed by atoms with Crippen LogP contribution in [0.15, 0.2) is 234 Å². The number of thiophene rings is 2. The Labute approximate surface area is 407 Å². The standard InChI is InChI=1S/C63H38N2OS2Si/c1-3-15-41(16-4-1)69(42-17-5-2-6-18-42)57-26-14-9-21-45(57)59-58(69)32-30-54-60(59)63(49-33-35-67-61(49)62-50(63)34-36-68-62)48-22-10-12-24-53(48)65(54)39-27-29-52-46(37-39)43-19-7-11-23-51(43)64(52)40-28-31-56-47(38-40)44-20-8-13-25-55(44)66-56/h1-38H. The first kappa shape index (κ1) is 38.0. The molecule has 0 fully saturated rings. The number of fused-ring (bicyclic) bond motifs is 19. The second-order valence-corrected chi connectivity index (χ2v) is 24.2. The molecule has 13 aromatic rings. The van der Waals surface area contributed by atoms with Crippen molar-refractivity contribution in [3.63, 3.8) is 0 Å². The van der Waals surface area contributed by atoms with Crippen LogP contribution in [0.1, 0.15) is 22.3 Å². The minimum absolute atomic E-state index is 0.542. The van der Waals surface area contributed by atoms with Crippen LogP contribution in [-0.4, -0.2) is 12.6 Å². The molecule has 3 nitrogen and oxygen atoms in total. The Morgan fingerprint density at radius 1 is 0.420 bits per heavy atom. The number of nitrogens with zero attached hydrogens (tertiary/aromatic N) is 2. The zero-order valence-electron chi connectivity index (χ0n) is 37.1. The molecular formula is C63H38N2OS2Si. The number of benzene rings is 9. The molecule has 0 bridgehead atoms. The molecular weight excluding hydrogens is 893 g/mol. The minimum Gasteiger partial charge on any atom is -0.456 e. The molecule has 6 heteroatoms. The normalized spacial score (nSPS) is 14.6. The molecule has 3 aliphatic rings. The third-order valence-corrected chi connectivity index (χ3v) is 22.5. The van der Waals surface area contributed by atoms with Gasteiger partial charge in [-0.1, -0.05) is 146 Å². The molecule has 1 spiro atoms. The van der Waals surface area contributed by atoms with Gasteiger partial charge in [-0.15, -0.1) is 22.7 Å². The summed E-state index contributed by atoms with van der Waals surface area (Å²) in [4.78, 5) is 5.38. The molecule has 0 saturated carbocycles. The van der Waals surface area contributed by atoms with Crippen molar-refractivity contribution in [3.05, 3.63) is 251 Å². The maximum atomic E-state index is 6.30. The predicted octanol–water partition coefficient (Wildman–Crippen LogP) is 14.3. The van der Waals surface area contributed by atoms with E-state index in [9.17, 15) is 0 Å². The number of hydrogen-bond acceptors (Lipinski definition) is 4. The average Bonchev–Trinajstić information content (AvgIpc) is 4.28. The largest absolute Gasteiger partial charge is 0.456 e. The topological polar surface area (TPSA) is 21.3 Å². The highest BCUT2D eigenvalue weighted by Gasteiger charge is 2.58. The number of hydrogen-bond donors (Lipinski definition) is 0. The van der Waals surface area contributed by atoms with Crippen LogP contribution in [-0.2, 0) is 5.41 Å². The summed E-state index contributed by atoms with van der Waals surface area (Å²) in [5.74, 6) is 0. The first-order chi connectivity index (χ1) is 34.2. The van der Waals surface area contributed by atoms with Gasteiger partial charge >= 0.3 is 0 Å². The van der Waals surface area contributed by atoms with E-state index in [-0.39, 0.29) is 0 Å². The van der Waals surface area contributed by atoms with Gasteiger partial charge in [0.2, 0.25) is 0 Å². The average molecular weight is 931 g/mol. The van der Waals surface area contributed by atoms with Gasteiger partial charge in [0, 0.05) is 48.2 Å². The van der Waals surface area contributed by atoms with E-state index >= 15 is 0 Å². The summed E-state index contributed by atoms with van der Waals surface area (Å²) < 4.78 is 8.73. The summed E-state index contributed by atoms with van der Waals surface area (Å²) in [5.41, 5.74) is 16.5. The first-order valence-corrected chi connectivity index (χ1v) is 27.4.